The number of aromatic amines is 1. The van der Waals surface area contributed by atoms with E-state index >= 15 is 0 Å². The van der Waals surface area contributed by atoms with E-state index in [-0.39, 0.29) is 0 Å². The Morgan fingerprint density at radius 3 is 2.74 bits per heavy atom. The molecule has 1 aromatic heterocycles. The fourth-order valence-electron chi connectivity index (χ4n) is 2.29. The summed E-state index contributed by atoms with van der Waals surface area (Å²) in [5, 5.41) is 9.45. The molecule has 0 radical (unpaired) electrons. The lowest BCUT2D eigenvalue weighted by molar-refractivity contribution is 1.27. The Labute approximate surface area is 143 Å². The third kappa shape index (κ3) is 3.58. The van der Waals surface area contributed by atoms with Crippen LogP contribution >= 0.6 is 15.9 Å². The van der Waals surface area contributed by atoms with Gasteiger partial charge in [-0.1, -0.05) is 52.3 Å². The highest BCUT2D eigenvalue weighted by molar-refractivity contribution is 9.12. The second-order valence-corrected chi connectivity index (χ2v) is 6.13. The van der Waals surface area contributed by atoms with Crippen molar-refractivity contribution in [2.24, 2.45) is 0 Å². The van der Waals surface area contributed by atoms with Crippen LogP contribution in [0.5, 0.6) is 0 Å². The zero-order chi connectivity index (χ0) is 16.2. The van der Waals surface area contributed by atoms with Gasteiger partial charge in [0.15, 0.2) is 0 Å². The number of nitriles is 1. The molecule has 0 aliphatic rings. The van der Waals surface area contributed by atoms with Gasteiger partial charge in [-0.3, -0.25) is 0 Å². The van der Waals surface area contributed by atoms with E-state index in [1.54, 1.807) is 6.08 Å². The number of hydrogen-bond acceptors (Lipinski definition) is 2. The largest absolute Gasteiger partial charge is 0.337 e. The molecule has 0 fully saturated rings. The van der Waals surface area contributed by atoms with Crippen LogP contribution in [0, 0.1) is 18.3 Å². The quantitative estimate of drug-likeness (QED) is 0.512. The topological polar surface area (TPSA) is 52.5 Å². The second kappa shape index (κ2) is 6.64. The molecule has 0 aliphatic heterocycles. The van der Waals surface area contributed by atoms with Gasteiger partial charge < -0.3 is 4.98 Å². The van der Waals surface area contributed by atoms with Crippen molar-refractivity contribution in [3.05, 3.63) is 76.0 Å². The molecule has 23 heavy (non-hydrogen) atoms. The number of benzene rings is 2. The van der Waals surface area contributed by atoms with E-state index in [4.69, 9.17) is 0 Å². The van der Waals surface area contributed by atoms with Gasteiger partial charge in [0.05, 0.1) is 16.6 Å². The molecule has 0 bridgehead atoms. The molecule has 1 heterocycles. The van der Waals surface area contributed by atoms with Gasteiger partial charge in [0, 0.05) is 4.48 Å². The number of imidazole rings is 1. The summed E-state index contributed by atoms with van der Waals surface area (Å²) in [5.74, 6) is 0.575. The van der Waals surface area contributed by atoms with Crippen LogP contribution in [-0.4, -0.2) is 9.97 Å². The molecular formula is C19H14BrN3. The Morgan fingerprint density at radius 1 is 1.22 bits per heavy atom. The summed E-state index contributed by atoms with van der Waals surface area (Å²) in [7, 11) is 0. The lowest BCUT2D eigenvalue weighted by Gasteiger charge is -1.96. The minimum atomic E-state index is 0.484. The summed E-state index contributed by atoms with van der Waals surface area (Å²) in [6.45, 7) is 2.03. The maximum Gasteiger partial charge on any atom is 0.149 e. The minimum Gasteiger partial charge on any atom is -0.337 e. The van der Waals surface area contributed by atoms with Crippen LogP contribution in [0.4, 0.5) is 0 Å². The molecule has 0 atom stereocenters. The fourth-order valence-corrected chi connectivity index (χ4v) is 2.79. The van der Waals surface area contributed by atoms with E-state index in [0.29, 0.717) is 11.4 Å². The number of rotatable bonds is 3. The maximum atomic E-state index is 9.45. The average molecular weight is 364 g/mol. The highest BCUT2D eigenvalue weighted by Gasteiger charge is 2.08. The molecule has 0 amide bonds. The van der Waals surface area contributed by atoms with Crippen LogP contribution in [0.1, 0.15) is 17.0 Å². The Hall–Kier alpha value is -2.64. The van der Waals surface area contributed by atoms with Gasteiger partial charge in [-0.2, -0.15) is 5.26 Å². The van der Waals surface area contributed by atoms with Gasteiger partial charge in [0.2, 0.25) is 0 Å². The van der Waals surface area contributed by atoms with Crippen molar-refractivity contribution in [1.29, 1.82) is 5.26 Å². The third-order valence-corrected chi connectivity index (χ3v) is 3.86. The van der Waals surface area contributed by atoms with Crippen molar-refractivity contribution in [3.63, 3.8) is 0 Å². The SMILES string of the molecule is Cc1ccc2nc(/C(C#N)=C\C(Br)=C/c3ccccc3)[nH]c2c1. The van der Waals surface area contributed by atoms with E-state index in [1.165, 1.54) is 0 Å². The first-order chi connectivity index (χ1) is 11.2. The van der Waals surface area contributed by atoms with Crippen LogP contribution in [0.3, 0.4) is 0 Å². The minimum absolute atomic E-state index is 0.484. The van der Waals surface area contributed by atoms with Crippen LogP contribution in [0.15, 0.2) is 59.1 Å². The molecular weight excluding hydrogens is 350 g/mol. The maximum absolute atomic E-state index is 9.45. The van der Waals surface area contributed by atoms with Crippen LogP contribution < -0.4 is 0 Å². The van der Waals surface area contributed by atoms with E-state index < -0.39 is 0 Å². The first-order valence-electron chi connectivity index (χ1n) is 7.16. The Kier molecular flexibility index (Phi) is 4.40. The number of fused-ring (bicyclic) bond motifs is 1. The van der Waals surface area contributed by atoms with Crippen molar-refractivity contribution in [1.82, 2.24) is 9.97 Å². The molecule has 1 N–H and O–H groups in total. The van der Waals surface area contributed by atoms with E-state index in [2.05, 4.69) is 32.0 Å². The van der Waals surface area contributed by atoms with Crippen molar-refractivity contribution in [3.8, 4) is 6.07 Å². The lowest BCUT2D eigenvalue weighted by atomic mass is 10.2. The number of aromatic nitrogens is 2. The zero-order valence-corrected chi connectivity index (χ0v) is 14.1. The first kappa shape index (κ1) is 15.3. The fraction of sp³-hybridized carbons (Fsp3) is 0.0526. The normalized spacial score (nSPS) is 12.4. The summed E-state index contributed by atoms with van der Waals surface area (Å²) in [6, 6.07) is 18.1. The lowest BCUT2D eigenvalue weighted by Crippen LogP contribution is -1.84. The van der Waals surface area contributed by atoms with E-state index in [1.807, 2.05) is 61.5 Å². The molecule has 3 aromatic rings. The third-order valence-electron chi connectivity index (χ3n) is 3.40. The standard InChI is InChI=1S/C19H14BrN3/c1-13-7-8-17-18(9-13)23-19(22-17)15(12-21)11-16(20)10-14-5-3-2-4-6-14/h2-11H,1H3,(H,22,23)/b15-11-,16-10+. The summed E-state index contributed by atoms with van der Waals surface area (Å²) in [4.78, 5) is 7.70. The summed E-state index contributed by atoms with van der Waals surface area (Å²) < 4.78 is 0.817. The molecule has 3 rings (SSSR count). The van der Waals surface area contributed by atoms with Gasteiger partial charge >= 0.3 is 0 Å². The van der Waals surface area contributed by atoms with Crippen LogP contribution in [0.25, 0.3) is 22.7 Å². The van der Waals surface area contributed by atoms with Crippen LogP contribution in [0.2, 0.25) is 0 Å². The van der Waals surface area contributed by atoms with Crippen molar-refractivity contribution in [2.45, 2.75) is 6.92 Å². The number of H-pyrrole nitrogens is 1. The van der Waals surface area contributed by atoms with E-state index in [9.17, 15) is 5.26 Å². The molecule has 112 valence electrons. The molecule has 3 nitrogen and oxygen atoms in total. The average Bonchev–Trinajstić information content (AvgIpc) is 2.96. The van der Waals surface area contributed by atoms with Gasteiger partial charge in [0.25, 0.3) is 0 Å². The number of nitrogens with zero attached hydrogens (tertiary/aromatic N) is 2. The first-order valence-corrected chi connectivity index (χ1v) is 7.96. The summed E-state index contributed by atoms with van der Waals surface area (Å²) in [5.41, 5.74) is 4.49. The molecule has 0 saturated heterocycles. The predicted octanol–water partition coefficient (Wildman–Crippen LogP) is 5.21. The Morgan fingerprint density at radius 2 is 2.00 bits per heavy atom. The van der Waals surface area contributed by atoms with Crippen molar-refractivity contribution < 1.29 is 0 Å². The van der Waals surface area contributed by atoms with Gasteiger partial charge in [-0.25, -0.2) is 4.98 Å². The van der Waals surface area contributed by atoms with Gasteiger partial charge in [-0.15, -0.1) is 0 Å². The number of hydrogen-bond donors (Lipinski definition) is 1. The molecule has 2 aromatic carbocycles. The molecule has 0 unspecified atom stereocenters. The van der Waals surface area contributed by atoms with Gasteiger partial charge in [-0.05, 0) is 42.3 Å². The number of aryl methyl sites for hydroxylation is 1. The predicted molar refractivity (Wildman–Crippen MR) is 97.8 cm³/mol. The molecule has 4 heteroatoms. The number of nitrogens with one attached hydrogen (secondary N) is 1. The Bertz CT molecular complexity index is 944. The zero-order valence-electron chi connectivity index (χ0n) is 12.5. The molecule has 0 aliphatic carbocycles. The summed E-state index contributed by atoms with van der Waals surface area (Å²) in [6.07, 6.45) is 3.74. The Balaban J connectivity index is 1.97. The number of allylic oxidation sites excluding steroid dienone is 3. The molecule has 0 saturated carbocycles. The highest BCUT2D eigenvalue weighted by atomic mass is 79.9. The monoisotopic (exact) mass is 363 g/mol. The molecule has 0 spiro atoms. The highest BCUT2D eigenvalue weighted by Crippen LogP contribution is 2.22. The summed E-state index contributed by atoms with van der Waals surface area (Å²) >= 11 is 3.50. The van der Waals surface area contributed by atoms with Gasteiger partial charge in [0.1, 0.15) is 11.9 Å². The number of halogens is 1. The van der Waals surface area contributed by atoms with E-state index in [0.717, 1.165) is 26.6 Å². The van der Waals surface area contributed by atoms with Crippen LogP contribution in [-0.2, 0) is 0 Å². The smallest absolute Gasteiger partial charge is 0.149 e. The van der Waals surface area contributed by atoms with Crippen molar-refractivity contribution in [2.75, 3.05) is 0 Å². The van der Waals surface area contributed by atoms with Crippen molar-refractivity contribution >= 4 is 38.6 Å². The second-order valence-electron chi connectivity index (χ2n) is 5.22.